The molecule has 1 saturated heterocycles. The standard InChI is InChI=1S/C13H21NO2/c1-10-6-8-16-13(10)11(2)14-9-12-5-3-4-7-15-12/h6,8,11-12,14H,3-5,7,9H2,1-2H3. The van der Waals surface area contributed by atoms with Crippen LogP contribution in [0.5, 0.6) is 0 Å². The Kier molecular flexibility index (Phi) is 4.02. The van der Waals surface area contributed by atoms with Crippen molar-refractivity contribution in [3.05, 3.63) is 23.7 Å². The molecule has 1 aliphatic rings. The highest BCUT2D eigenvalue weighted by molar-refractivity contribution is 5.17. The van der Waals surface area contributed by atoms with Crippen LogP contribution in [0.1, 0.15) is 43.6 Å². The van der Waals surface area contributed by atoms with E-state index in [1.165, 1.54) is 24.8 Å². The van der Waals surface area contributed by atoms with Crippen LogP contribution in [0, 0.1) is 6.92 Å². The van der Waals surface area contributed by atoms with E-state index < -0.39 is 0 Å². The minimum absolute atomic E-state index is 0.264. The summed E-state index contributed by atoms with van der Waals surface area (Å²) in [7, 11) is 0. The molecule has 0 aromatic carbocycles. The zero-order valence-corrected chi connectivity index (χ0v) is 10.2. The summed E-state index contributed by atoms with van der Waals surface area (Å²) in [6.07, 6.45) is 5.81. The van der Waals surface area contributed by atoms with Crippen molar-refractivity contribution in [2.24, 2.45) is 0 Å². The lowest BCUT2D eigenvalue weighted by molar-refractivity contribution is 0.0153. The van der Waals surface area contributed by atoms with Crippen molar-refractivity contribution in [3.63, 3.8) is 0 Å². The fourth-order valence-corrected chi connectivity index (χ4v) is 2.20. The van der Waals surface area contributed by atoms with Crippen molar-refractivity contribution >= 4 is 0 Å². The highest BCUT2D eigenvalue weighted by Crippen LogP contribution is 2.19. The maximum absolute atomic E-state index is 5.68. The predicted molar refractivity (Wildman–Crippen MR) is 63.5 cm³/mol. The molecular weight excluding hydrogens is 202 g/mol. The quantitative estimate of drug-likeness (QED) is 0.852. The molecule has 2 heterocycles. The van der Waals surface area contributed by atoms with Gasteiger partial charge < -0.3 is 14.5 Å². The fraction of sp³-hybridized carbons (Fsp3) is 0.692. The SMILES string of the molecule is Cc1ccoc1C(C)NCC1CCCCO1. The van der Waals surface area contributed by atoms with Gasteiger partial charge in [-0.1, -0.05) is 0 Å². The van der Waals surface area contributed by atoms with Crippen LogP contribution in [-0.2, 0) is 4.74 Å². The van der Waals surface area contributed by atoms with Crippen LogP contribution in [0.15, 0.2) is 16.7 Å². The summed E-state index contributed by atoms with van der Waals surface area (Å²) in [5, 5.41) is 3.48. The Morgan fingerprint density at radius 2 is 2.38 bits per heavy atom. The highest BCUT2D eigenvalue weighted by atomic mass is 16.5. The van der Waals surface area contributed by atoms with Crippen molar-refractivity contribution in [3.8, 4) is 0 Å². The van der Waals surface area contributed by atoms with Gasteiger partial charge in [-0.2, -0.15) is 0 Å². The molecular formula is C13H21NO2. The third-order valence-electron chi connectivity index (χ3n) is 3.22. The average molecular weight is 223 g/mol. The number of ether oxygens (including phenoxy) is 1. The monoisotopic (exact) mass is 223 g/mol. The number of hydrogen-bond acceptors (Lipinski definition) is 3. The molecule has 0 amide bonds. The topological polar surface area (TPSA) is 34.4 Å². The fourth-order valence-electron chi connectivity index (χ4n) is 2.20. The van der Waals surface area contributed by atoms with Gasteiger partial charge in [0.2, 0.25) is 0 Å². The molecule has 1 aliphatic heterocycles. The number of rotatable bonds is 4. The van der Waals surface area contributed by atoms with Crippen LogP contribution in [0.25, 0.3) is 0 Å². The van der Waals surface area contributed by atoms with E-state index >= 15 is 0 Å². The Morgan fingerprint density at radius 3 is 3.00 bits per heavy atom. The van der Waals surface area contributed by atoms with Gasteiger partial charge in [0.25, 0.3) is 0 Å². The Balaban J connectivity index is 1.79. The van der Waals surface area contributed by atoms with Crippen LogP contribution in [0.4, 0.5) is 0 Å². The summed E-state index contributed by atoms with van der Waals surface area (Å²) < 4.78 is 11.1. The predicted octanol–water partition coefficient (Wildman–Crippen LogP) is 2.81. The van der Waals surface area contributed by atoms with Gasteiger partial charge in [-0.25, -0.2) is 0 Å². The molecule has 3 heteroatoms. The van der Waals surface area contributed by atoms with Crippen LogP contribution in [-0.4, -0.2) is 19.3 Å². The second kappa shape index (κ2) is 5.51. The molecule has 0 aliphatic carbocycles. The van der Waals surface area contributed by atoms with Gasteiger partial charge in [0.05, 0.1) is 18.4 Å². The van der Waals surface area contributed by atoms with Crippen molar-refractivity contribution in [2.45, 2.75) is 45.3 Å². The Bertz CT molecular complexity index is 315. The third-order valence-corrected chi connectivity index (χ3v) is 3.22. The normalized spacial score (nSPS) is 23.2. The van der Waals surface area contributed by atoms with Gasteiger partial charge in [-0.3, -0.25) is 0 Å². The van der Waals surface area contributed by atoms with Crippen LogP contribution in [0.2, 0.25) is 0 Å². The molecule has 2 rings (SSSR count). The Hall–Kier alpha value is -0.800. The van der Waals surface area contributed by atoms with Crippen LogP contribution < -0.4 is 5.32 Å². The minimum atomic E-state index is 0.264. The molecule has 0 saturated carbocycles. The van der Waals surface area contributed by atoms with Crippen molar-refractivity contribution < 1.29 is 9.15 Å². The van der Waals surface area contributed by atoms with Crippen LogP contribution in [0.3, 0.4) is 0 Å². The van der Waals surface area contributed by atoms with Crippen molar-refractivity contribution in [1.29, 1.82) is 0 Å². The van der Waals surface area contributed by atoms with E-state index in [1.54, 1.807) is 6.26 Å². The molecule has 1 fully saturated rings. The largest absolute Gasteiger partial charge is 0.467 e. The van der Waals surface area contributed by atoms with E-state index in [2.05, 4.69) is 19.2 Å². The first-order valence-corrected chi connectivity index (χ1v) is 6.16. The molecule has 2 atom stereocenters. The number of furan rings is 1. The van der Waals surface area contributed by atoms with Gasteiger partial charge in [-0.15, -0.1) is 0 Å². The number of aryl methyl sites for hydroxylation is 1. The smallest absolute Gasteiger partial charge is 0.123 e. The summed E-state index contributed by atoms with van der Waals surface area (Å²) in [4.78, 5) is 0. The molecule has 3 nitrogen and oxygen atoms in total. The van der Waals surface area contributed by atoms with E-state index in [9.17, 15) is 0 Å². The minimum Gasteiger partial charge on any atom is -0.467 e. The maximum Gasteiger partial charge on any atom is 0.123 e. The molecule has 2 unspecified atom stereocenters. The van der Waals surface area contributed by atoms with Gasteiger partial charge in [-0.05, 0) is 44.7 Å². The molecule has 0 spiro atoms. The third kappa shape index (κ3) is 2.86. The zero-order valence-electron chi connectivity index (χ0n) is 10.2. The lowest BCUT2D eigenvalue weighted by atomic mass is 10.1. The van der Waals surface area contributed by atoms with Gasteiger partial charge in [0.15, 0.2) is 0 Å². The number of hydrogen-bond donors (Lipinski definition) is 1. The van der Waals surface area contributed by atoms with Crippen molar-refractivity contribution in [1.82, 2.24) is 5.32 Å². The first-order valence-electron chi connectivity index (χ1n) is 6.16. The summed E-state index contributed by atoms with van der Waals surface area (Å²) in [6.45, 7) is 6.05. The van der Waals surface area contributed by atoms with E-state index in [1.807, 2.05) is 6.07 Å². The maximum atomic E-state index is 5.68. The average Bonchev–Trinajstić information content (AvgIpc) is 2.74. The second-order valence-electron chi connectivity index (χ2n) is 4.59. The summed E-state index contributed by atoms with van der Waals surface area (Å²) >= 11 is 0. The molecule has 1 N–H and O–H groups in total. The van der Waals surface area contributed by atoms with E-state index in [-0.39, 0.29) is 6.04 Å². The Labute approximate surface area is 97.2 Å². The van der Waals surface area contributed by atoms with E-state index in [0.717, 1.165) is 18.9 Å². The van der Waals surface area contributed by atoms with Gasteiger partial charge in [0.1, 0.15) is 5.76 Å². The molecule has 0 radical (unpaired) electrons. The second-order valence-corrected chi connectivity index (χ2v) is 4.59. The highest BCUT2D eigenvalue weighted by Gasteiger charge is 2.16. The van der Waals surface area contributed by atoms with E-state index in [4.69, 9.17) is 9.15 Å². The summed E-state index contributed by atoms with van der Waals surface area (Å²) in [5.74, 6) is 1.04. The summed E-state index contributed by atoms with van der Waals surface area (Å²) in [5.41, 5.74) is 1.21. The molecule has 0 bridgehead atoms. The van der Waals surface area contributed by atoms with Gasteiger partial charge >= 0.3 is 0 Å². The lowest BCUT2D eigenvalue weighted by Gasteiger charge is -2.24. The van der Waals surface area contributed by atoms with Crippen LogP contribution >= 0.6 is 0 Å². The zero-order chi connectivity index (χ0) is 11.4. The molecule has 1 aromatic rings. The lowest BCUT2D eigenvalue weighted by Crippen LogP contribution is -2.33. The van der Waals surface area contributed by atoms with Gasteiger partial charge in [0, 0.05) is 13.2 Å². The molecule has 1 aromatic heterocycles. The Morgan fingerprint density at radius 1 is 1.50 bits per heavy atom. The molecule has 90 valence electrons. The number of nitrogens with one attached hydrogen (secondary N) is 1. The molecule has 16 heavy (non-hydrogen) atoms. The van der Waals surface area contributed by atoms with E-state index in [0.29, 0.717) is 6.10 Å². The first kappa shape index (κ1) is 11.7. The summed E-state index contributed by atoms with van der Waals surface area (Å²) in [6, 6.07) is 2.27. The first-order chi connectivity index (χ1) is 7.77. The van der Waals surface area contributed by atoms with Crippen molar-refractivity contribution in [2.75, 3.05) is 13.2 Å².